The van der Waals surface area contributed by atoms with Crippen molar-refractivity contribution in [3.05, 3.63) is 73.8 Å². The Morgan fingerprint density at radius 1 is 1.07 bits per heavy atom. The molecule has 0 aliphatic heterocycles. The molecule has 160 valence electrons. The van der Waals surface area contributed by atoms with Gasteiger partial charge in [0.05, 0.1) is 35.8 Å². The first-order valence-corrected chi connectivity index (χ1v) is 8.28. The van der Waals surface area contributed by atoms with Gasteiger partial charge in [0.1, 0.15) is 0 Å². The van der Waals surface area contributed by atoms with Gasteiger partial charge in [-0.25, -0.2) is 14.0 Å². The van der Waals surface area contributed by atoms with Crippen LogP contribution in [0.1, 0.15) is 27.0 Å². The van der Waals surface area contributed by atoms with Crippen molar-refractivity contribution < 1.29 is 41.5 Å². The van der Waals surface area contributed by atoms with Gasteiger partial charge in [-0.1, -0.05) is 17.7 Å². The quantitative estimate of drug-likeness (QED) is 0.290. The third-order valence-electron chi connectivity index (χ3n) is 4.12. The van der Waals surface area contributed by atoms with Crippen LogP contribution in [0.25, 0.3) is 0 Å². The fourth-order valence-corrected chi connectivity index (χ4v) is 3.10. The Kier molecular flexibility index (Phi) is 6.36. The highest BCUT2D eigenvalue weighted by atomic mass is 35.5. The van der Waals surface area contributed by atoms with Crippen LogP contribution in [0.15, 0.2) is 36.4 Å². The lowest BCUT2D eigenvalue weighted by Crippen LogP contribution is -2.36. The summed E-state index contributed by atoms with van der Waals surface area (Å²) in [6.07, 6.45) is -4.98. The lowest BCUT2D eigenvalue weighted by atomic mass is 9.83. The summed E-state index contributed by atoms with van der Waals surface area (Å²) in [7, 11) is 1.70. The number of esters is 2. The van der Waals surface area contributed by atoms with Gasteiger partial charge in [0, 0.05) is 16.7 Å². The van der Waals surface area contributed by atoms with Crippen molar-refractivity contribution in [1.82, 2.24) is 0 Å². The number of carbonyl (C=O) groups is 2. The molecule has 0 aliphatic carbocycles. The zero-order chi connectivity index (χ0) is 22.9. The fourth-order valence-electron chi connectivity index (χ4n) is 2.79. The molecule has 2 aromatic carbocycles. The number of methoxy groups -OCH3 is 2. The summed E-state index contributed by atoms with van der Waals surface area (Å²) >= 11 is 6.00. The highest BCUT2D eigenvalue weighted by Gasteiger charge is 2.52. The van der Waals surface area contributed by atoms with Crippen LogP contribution in [0.3, 0.4) is 0 Å². The molecular weight excluding hydrogens is 438 g/mol. The van der Waals surface area contributed by atoms with E-state index in [0.717, 1.165) is 26.4 Å². The number of halogens is 5. The van der Waals surface area contributed by atoms with Crippen LogP contribution >= 0.6 is 11.6 Å². The van der Waals surface area contributed by atoms with Crippen LogP contribution in [-0.2, 0) is 26.1 Å². The number of alkyl halides is 4. The third-order valence-corrected chi connectivity index (χ3v) is 4.44. The van der Waals surface area contributed by atoms with Crippen LogP contribution in [-0.4, -0.2) is 31.1 Å². The van der Waals surface area contributed by atoms with E-state index in [1.165, 1.54) is 6.07 Å². The Labute approximate surface area is 171 Å². The van der Waals surface area contributed by atoms with E-state index >= 15 is 4.39 Å². The normalized spacial score (nSPS) is 13.3. The van der Waals surface area contributed by atoms with E-state index in [9.17, 15) is 32.9 Å². The van der Waals surface area contributed by atoms with E-state index in [0.29, 0.717) is 12.1 Å². The Balaban J connectivity index is 2.98. The van der Waals surface area contributed by atoms with Crippen molar-refractivity contribution >= 4 is 29.2 Å². The number of carbonyl (C=O) groups excluding carboxylic acids is 2. The zero-order valence-corrected chi connectivity index (χ0v) is 16.0. The monoisotopic (exact) mass is 449 g/mol. The number of benzene rings is 2. The summed E-state index contributed by atoms with van der Waals surface area (Å²) in [5, 5.41) is 10.9. The molecule has 30 heavy (non-hydrogen) atoms. The molecule has 0 radical (unpaired) electrons. The SMILES string of the molecule is COC(=O)c1cccc(Cl)c1C(F)(C(=O)OC)c1ccc(C(F)(F)F)cc1[N+](=O)[O-]. The van der Waals surface area contributed by atoms with Gasteiger partial charge in [-0.3, -0.25) is 10.1 Å². The van der Waals surface area contributed by atoms with Crippen molar-refractivity contribution in [2.45, 2.75) is 11.8 Å². The minimum atomic E-state index is -4.98. The number of ether oxygens (including phenoxy) is 2. The molecule has 0 N–H and O–H groups in total. The van der Waals surface area contributed by atoms with Crippen molar-refractivity contribution in [2.75, 3.05) is 14.2 Å². The minimum absolute atomic E-state index is 0.0707. The molecule has 7 nitrogen and oxygen atoms in total. The molecule has 0 amide bonds. The average Bonchev–Trinajstić information content (AvgIpc) is 2.70. The molecule has 1 unspecified atom stereocenters. The molecule has 2 rings (SSSR count). The Hall–Kier alpha value is -3.21. The van der Waals surface area contributed by atoms with Gasteiger partial charge < -0.3 is 9.47 Å². The summed E-state index contributed by atoms with van der Waals surface area (Å²) in [6, 6.07) is 4.17. The van der Waals surface area contributed by atoms with Crippen molar-refractivity contribution in [3.63, 3.8) is 0 Å². The van der Waals surface area contributed by atoms with Gasteiger partial charge in [0.2, 0.25) is 0 Å². The largest absolute Gasteiger partial charge is 0.466 e. The van der Waals surface area contributed by atoms with Crippen LogP contribution in [0.4, 0.5) is 23.2 Å². The molecule has 12 heteroatoms. The maximum Gasteiger partial charge on any atom is 0.416 e. The summed E-state index contributed by atoms with van der Waals surface area (Å²) < 4.78 is 64.3. The van der Waals surface area contributed by atoms with Crippen LogP contribution < -0.4 is 0 Å². The number of rotatable bonds is 5. The van der Waals surface area contributed by atoms with E-state index in [1.54, 1.807) is 0 Å². The smallest absolute Gasteiger partial charge is 0.416 e. The third kappa shape index (κ3) is 3.92. The first kappa shape index (κ1) is 23.1. The molecular formula is C18H12ClF4NO6. The predicted octanol–water partition coefficient (Wildman–Crippen LogP) is 4.44. The lowest BCUT2D eigenvalue weighted by Gasteiger charge is -2.26. The number of hydrogen-bond acceptors (Lipinski definition) is 6. The van der Waals surface area contributed by atoms with Gasteiger partial charge in [0.25, 0.3) is 11.4 Å². The highest BCUT2D eigenvalue weighted by molar-refractivity contribution is 6.32. The first-order valence-electron chi connectivity index (χ1n) is 7.90. The molecule has 2 aromatic rings. The van der Waals surface area contributed by atoms with Gasteiger partial charge in [-0.15, -0.1) is 0 Å². The van der Waals surface area contributed by atoms with Crippen molar-refractivity contribution in [1.29, 1.82) is 0 Å². The van der Waals surface area contributed by atoms with E-state index in [2.05, 4.69) is 9.47 Å². The Morgan fingerprint density at radius 2 is 1.70 bits per heavy atom. The predicted molar refractivity (Wildman–Crippen MR) is 94.8 cm³/mol. The second-order valence-electron chi connectivity index (χ2n) is 5.79. The van der Waals surface area contributed by atoms with E-state index in [1.807, 2.05) is 0 Å². The zero-order valence-electron chi connectivity index (χ0n) is 15.3. The molecule has 0 aromatic heterocycles. The molecule has 0 saturated heterocycles. The van der Waals surface area contributed by atoms with E-state index < -0.39 is 61.7 Å². The maximum atomic E-state index is 16.4. The summed E-state index contributed by atoms with van der Waals surface area (Å²) in [5.74, 6) is -2.89. The summed E-state index contributed by atoms with van der Waals surface area (Å²) in [4.78, 5) is 34.7. The standard InChI is InChI=1S/C18H12ClF4NO6/c1-29-15(25)10-4-3-5-12(19)14(10)17(20,16(26)30-2)11-7-6-9(18(21,22)23)8-13(11)24(27)28/h3-8H,1-2H3. The number of nitrogens with zero attached hydrogens (tertiary/aromatic N) is 1. The summed E-state index contributed by atoms with van der Waals surface area (Å²) in [5.41, 5.74) is -8.97. The van der Waals surface area contributed by atoms with Crippen molar-refractivity contribution in [2.24, 2.45) is 0 Å². The topological polar surface area (TPSA) is 95.7 Å². The van der Waals surface area contributed by atoms with Crippen LogP contribution in [0.2, 0.25) is 5.02 Å². The lowest BCUT2D eigenvalue weighted by molar-refractivity contribution is -0.386. The summed E-state index contributed by atoms with van der Waals surface area (Å²) in [6.45, 7) is 0. The molecule has 0 aliphatic rings. The number of hydrogen-bond donors (Lipinski definition) is 0. The van der Waals surface area contributed by atoms with Gasteiger partial charge >= 0.3 is 18.1 Å². The number of nitro benzene ring substituents is 1. The average molecular weight is 450 g/mol. The van der Waals surface area contributed by atoms with Crippen LogP contribution in [0.5, 0.6) is 0 Å². The molecule has 0 spiro atoms. The minimum Gasteiger partial charge on any atom is -0.466 e. The molecule has 0 bridgehead atoms. The van der Waals surface area contributed by atoms with E-state index in [-0.39, 0.29) is 6.07 Å². The second-order valence-corrected chi connectivity index (χ2v) is 6.20. The maximum absolute atomic E-state index is 16.4. The second kappa shape index (κ2) is 8.27. The van der Waals surface area contributed by atoms with Gasteiger partial charge in [0.15, 0.2) is 0 Å². The number of nitro groups is 1. The molecule has 1 atom stereocenters. The highest BCUT2D eigenvalue weighted by Crippen LogP contribution is 2.46. The van der Waals surface area contributed by atoms with E-state index in [4.69, 9.17) is 11.6 Å². The van der Waals surface area contributed by atoms with Gasteiger partial charge in [-0.05, 0) is 24.3 Å². The fraction of sp³-hybridized carbons (Fsp3) is 0.222. The van der Waals surface area contributed by atoms with Crippen LogP contribution in [0, 0.1) is 10.1 Å². The molecule has 0 saturated carbocycles. The molecule has 0 fully saturated rings. The van der Waals surface area contributed by atoms with Gasteiger partial charge in [-0.2, -0.15) is 13.2 Å². The Morgan fingerprint density at radius 3 is 2.20 bits per heavy atom. The first-order chi connectivity index (χ1) is 13.9. The molecule has 0 heterocycles. The Bertz CT molecular complexity index is 1030. The van der Waals surface area contributed by atoms with Crippen molar-refractivity contribution in [3.8, 4) is 0 Å².